The molecule has 1 aliphatic heterocycles. The fourth-order valence-electron chi connectivity index (χ4n) is 2.18. The molecule has 1 aliphatic rings. The van der Waals surface area contributed by atoms with Crippen LogP contribution in [0.25, 0.3) is 0 Å². The van der Waals surface area contributed by atoms with Crippen molar-refractivity contribution in [3.05, 3.63) is 17.9 Å². The maximum Gasteiger partial charge on any atom is 0.196 e. The summed E-state index contributed by atoms with van der Waals surface area (Å²) >= 11 is 0. The first-order valence-corrected chi connectivity index (χ1v) is 5.39. The van der Waals surface area contributed by atoms with Crippen LogP contribution in [0.5, 0.6) is 0 Å². The van der Waals surface area contributed by atoms with Gasteiger partial charge in [-0.05, 0) is 32.8 Å². The van der Waals surface area contributed by atoms with Gasteiger partial charge in [0.15, 0.2) is 17.4 Å². The van der Waals surface area contributed by atoms with Crippen molar-refractivity contribution in [3.8, 4) is 0 Å². The van der Waals surface area contributed by atoms with Crippen molar-refractivity contribution >= 4 is 11.7 Å². The normalized spacial score (nSPS) is 19.5. The molecule has 1 saturated heterocycles. The number of hydrogen-bond acceptors (Lipinski definition) is 3. The van der Waals surface area contributed by atoms with Crippen molar-refractivity contribution in [3.63, 3.8) is 0 Å². The Morgan fingerprint density at radius 1 is 1.47 bits per heavy atom. The van der Waals surface area contributed by atoms with Gasteiger partial charge in [-0.2, -0.15) is 0 Å². The summed E-state index contributed by atoms with van der Waals surface area (Å²) in [6.07, 6.45) is 2.35. The van der Waals surface area contributed by atoms with E-state index in [0.29, 0.717) is 5.76 Å². The molecule has 0 bridgehead atoms. The lowest BCUT2D eigenvalue weighted by atomic mass is 10.0. The van der Waals surface area contributed by atoms with Gasteiger partial charge >= 0.3 is 0 Å². The molecule has 1 fully saturated rings. The third kappa shape index (κ3) is 1.78. The second kappa shape index (κ2) is 3.40. The Morgan fingerprint density at radius 2 is 2.20 bits per heavy atom. The summed E-state index contributed by atoms with van der Waals surface area (Å²) in [6.45, 7) is 6.95. The van der Waals surface area contributed by atoms with Crippen molar-refractivity contribution in [2.24, 2.45) is 0 Å². The summed E-state index contributed by atoms with van der Waals surface area (Å²) < 4.78 is 5.54. The molecule has 0 aliphatic carbocycles. The van der Waals surface area contributed by atoms with Crippen molar-refractivity contribution in [2.45, 2.75) is 39.2 Å². The number of hydrogen-bond donors (Lipinski definition) is 0. The van der Waals surface area contributed by atoms with E-state index in [2.05, 4.69) is 18.7 Å². The Morgan fingerprint density at radius 3 is 2.67 bits per heavy atom. The van der Waals surface area contributed by atoms with Gasteiger partial charge in [0.1, 0.15) is 0 Å². The molecule has 0 atom stereocenters. The molecule has 2 heterocycles. The second-order valence-electron chi connectivity index (χ2n) is 4.76. The fraction of sp³-hybridized carbons (Fsp3) is 0.583. The van der Waals surface area contributed by atoms with E-state index in [1.54, 1.807) is 6.07 Å². The van der Waals surface area contributed by atoms with Gasteiger partial charge in [-0.1, -0.05) is 0 Å². The molecule has 2 rings (SSSR count). The van der Waals surface area contributed by atoms with Gasteiger partial charge in [-0.15, -0.1) is 0 Å². The Balaban J connectivity index is 2.26. The molecule has 0 spiro atoms. The summed E-state index contributed by atoms with van der Waals surface area (Å²) in [7, 11) is 0. The third-order valence-corrected chi connectivity index (χ3v) is 3.11. The average Bonchev–Trinajstić information content (AvgIpc) is 2.69. The van der Waals surface area contributed by atoms with Gasteiger partial charge < -0.3 is 9.32 Å². The van der Waals surface area contributed by atoms with Crippen LogP contribution in [0.15, 0.2) is 16.5 Å². The summed E-state index contributed by atoms with van der Waals surface area (Å²) in [5.74, 6) is 1.26. The highest BCUT2D eigenvalue weighted by Gasteiger charge is 2.33. The largest absolute Gasteiger partial charge is 0.437 e. The number of ketones is 1. The molecule has 3 nitrogen and oxygen atoms in total. The number of Topliss-reactive ketones (excluding diaryl/α,β-unsaturated/α-hetero) is 1. The molecule has 0 aromatic carbocycles. The zero-order chi connectivity index (χ0) is 11.1. The van der Waals surface area contributed by atoms with Crippen LogP contribution in [0.2, 0.25) is 0 Å². The van der Waals surface area contributed by atoms with Crippen LogP contribution in [0.1, 0.15) is 44.2 Å². The number of nitrogens with zero attached hydrogens (tertiary/aromatic N) is 1. The number of carbonyl (C=O) groups is 1. The predicted octanol–water partition coefficient (Wildman–Crippen LogP) is 2.86. The van der Waals surface area contributed by atoms with Gasteiger partial charge in [-0.25, -0.2) is 0 Å². The maximum absolute atomic E-state index is 11.1. The molecule has 1 aromatic heterocycles. The number of carbonyl (C=O) groups excluding carboxylic acids is 1. The molecular formula is C12H17NO2. The molecule has 0 unspecified atom stereocenters. The smallest absolute Gasteiger partial charge is 0.196 e. The van der Waals surface area contributed by atoms with E-state index in [1.807, 2.05) is 6.07 Å². The number of rotatable bonds is 2. The highest BCUT2D eigenvalue weighted by Crippen LogP contribution is 2.34. The molecule has 0 N–H and O–H groups in total. The summed E-state index contributed by atoms with van der Waals surface area (Å²) in [5, 5.41) is 0. The Kier molecular flexibility index (Phi) is 2.33. The van der Waals surface area contributed by atoms with E-state index in [0.717, 1.165) is 12.4 Å². The summed E-state index contributed by atoms with van der Waals surface area (Å²) in [4.78, 5) is 13.4. The minimum absolute atomic E-state index is 0.0155. The lowest BCUT2D eigenvalue weighted by molar-refractivity contribution is 0.0987. The topological polar surface area (TPSA) is 33.5 Å². The minimum atomic E-state index is -0.0155. The molecule has 1 aromatic rings. The third-order valence-electron chi connectivity index (χ3n) is 3.11. The zero-order valence-electron chi connectivity index (χ0n) is 9.54. The first-order valence-electron chi connectivity index (χ1n) is 5.39. The van der Waals surface area contributed by atoms with Gasteiger partial charge in [0, 0.05) is 25.1 Å². The molecular weight excluding hydrogens is 190 g/mol. The van der Waals surface area contributed by atoms with Crippen LogP contribution in [-0.4, -0.2) is 17.9 Å². The lowest BCUT2D eigenvalue weighted by Gasteiger charge is -2.31. The Hall–Kier alpha value is -1.25. The monoisotopic (exact) mass is 207 g/mol. The zero-order valence-corrected chi connectivity index (χ0v) is 9.54. The van der Waals surface area contributed by atoms with Crippen molar-refractivity contribution in [1.82, 2.24) is 0 Å². The van der Waals surface area contributed by atoms with Crippen molar-refractivity contribution in [1.29, 1.82) is 0 Å². The predicted molar refractivity (Wildman–Crippen MR) is 59.4 cm³/mol. The van der Waals surface area contributed by atoms with Gasteiger partial charge in [-0.3, -0.25) is 4.79 Å². The summed E-state index contributed by atoms with van der Waals surface area (Å²) in [5.41, 5.74) is 0.145. The highest BCUT2D eigenvalue weighted by atomic mass is 16.4. The van der Waals surface area contributed by atoms with Crippen LogP contribution in [-0.2, 0) is 0 Å². The molecule has 3 heteroatoms. The Bertz CT molecular complexity index is 379. The minimum Gasteiger partial charge on any atom is -0.437 e. The van der Waals surface area contributed by atoms with Crippen LogP contribution in [0.4, 0.5) is 5.88 Å². The standard InChI is InChI=1S/C12H17NO2/c1-9(14)10-5-6-11(15-10)13-8-4-7-12(13,2)3/h5-6H,4,7-8H2,1-3H3. The van der Waals surface area contributed by atoms with Crippen LogP contribution >= 0.6 is 0 Å². The molecule has 0 saturated carbocycles. The van der Waals surface area contributed by atoms with E-state index in [4.69, 9.17) is 4.42 Å². The lowest BCUT2D eigenvalue weighted by Crippen LogP contribution is -2.37. The average molecular weight is 207 g/mol. The van der Waals surface area contributed by atoms with Crippen LogP contribution in [0, 0.1) is 0 Å². The molecule has 0 amide bonds. The van der Waals surface area contributed by atoms with E-state index >= 15 is 0 Å². The fourth-order valence-corrected chi connectivity index (χ4v) is 2.18. The SMILES string of the molecule is CC(=O)c1ccc(N2CCCC2(C)C)o1. The highest BCUT2D eigenvalue weighted by molar-refractivity contribution is 5.91. The van der Waals surface area contributed by atoms with Gasteiger partial charge in [0.25, 0.3) is 0 Å². The molecule has 0 radical (unpaired) electrons. The van der Waals surface area contributed by atoms with Crippen LogP contribution < -0.4 is 4.90 Å². The molecule has 15 heavy (non-hydrogen) atoms. The second-order valence-corrected chi connectivity index (χ2v) is 4.76. The number of anilines is 1. The van der Waals surface area contributed by atoms with E-state index in [-0.39, 0.29) is 11.3 Å². The van der Waals surface area contributed by atoms with E-state index in [1.165, 1.54) is 19.8 Å². The van der Waals surface area contributed by atoms with Gasteiger partial charge in [0.05, 0.1) is 0 Å². The van der Waals surface area contributed by atoms with Crippen molar-refractivity contribution in [2.75, 3.05) is 11.4 Å². The first-order chi connectivity index (χ1) is 7.00. The summed E-state index contributed by atoms with van der Waals surface area (Å²) in [6, 6.07) is 3.65. The Labute approximate surface area is 90.1 Å². The van der Waals surface area contributed by atoms with Crippen molar-refractivity contribution < 1.29 is 9.21 Å². The maximum atomic E-state index is 11.1. The molecule has 82 valence electrons. The van der Waals surface area contributed by atoms with Gasteiger partial charge in [0.2, 0.25) is 0 Å². The number of furan rings is 1. The van der Waals surface area contributed by atoms with E-state index in [9.17, 15) is 4.79 Å². The van der Waals surface area contributed by atoms with E-state index < -0.39 is 0 Å². The quantitative estimate of drug-likeness (QED) is 0.699. The van der Waals surface area contributed by atoms with Crippen LogP contribution in [0.3, 0.4) is 0 Å². The first kappa shape index (κ1) is 10.3.